The number of aliphatic hydroxyl groups is 1. The van der Waals surface area contributed by atoms with Crippen molar-refractivity contribution in [1.29, 1.82) is 0 Å². The predicted molar refractivity (Wildman–Crippen MR) is 91.4 cm³/mol. The van der Waals surface area contributed by atoms with Gasteiger partial charge < -0.3 is 15.3 Å². The number of likely N-dealkylation sites (tertiary alicyclic amines) is 1. The van der Waals surface area contributed by atoms with Crippen LogP contribution >= 0.6 is 0 Å². The molecular formula is C19H28N2O2. The Hall–Kier alpha value is -1.55. The van der Waals surface area contributed by atoms with E-state index in [2.05, 4.69) is 35.6 Å². The fraction of sp³-hybridized carbons (Fsp3) is 0.632. The normalized spacial score (nSPS) is 21.3. The maximum atomic E-state index is 12.5. The summed E-state index contributed by atoms with van der Waals surface area (Å²) in [4.78, 5) is 14.4. The van der Waals surface area contributed by atoms with Crippen LogP contribution in [0.15, 0.2) is 30.3 Å². The number of hydrogen-bond donors (Lipinski definition) is 2. The van der Waals surface area contributed by atoms with Crippen LogP contribution in [0.4, 0.5) is 4.79 Å². The van der Waals surface area contributed by atoms with Gasteiger partial charge in [0.05, 0.1) is 0 Å². The molecule has 1 aliphatic heterocycles. The van der Waals surface area contributed by atoms with Gasteiger partial charge in [-0.3, -0.25) is 0 Å². The number of carbonyl (C=O) groups is 1. The van der Waals surface area contributed by atoms with E-state index in [0.29, 0.717) is 5.92 Å². The summed E-state index contributed by atoms with van der Waals surface area (Å²) in [6.45, 7) is 2.49. The number of carbonyl (C=O) groups excluding carboxylic acids is 1. The average Bonchev–Trinajstić information content (AvgIpc) is 3.11. The molecule has 4 heteroatoms. The van der Waals surface area contributed by atoms with Crippen LogP contribution in [0, 0.1) is 5.92 Å². The van der Waals surface area contributed by atoms with Crippen LogP contribution in [0.3, 0.4) is 0 Å². The molecule has 126 valence electrons. The molecule has 0 unspecified atom stereocenters. The Morgan fingerprint density at radius 1 is 1.17 bits per heavy atom. The molecule has 2 aliphatic rings. The van der Waals surface area contributed by atoms with Crippen molar-refractivity contribution >= 4 is 6.03 Å². The van der Waals surface area contributed by atoms with Crippen LogP contribution < -0.4 is 5.32 Å². The Bertz CT molecular complexity index is 503. The van der Waals surface area contributed by atoms with Crippen LogP contribution in [-0.4, -0.2) is 42.3 Å². The van der Waals surface area contributed by atoms with Crippen LogP contribution in [0.2, 0.25) is 0 Å². The lowest BCUT2D eigenvalue weighted by atomic mass is 9.79. The van der Waals surface area contributed by atoms with E-state index in [1.54, 1.807) is 0 Å². The lowest BCUT2D eigenvalue weighted by Crippen LogP contribution is -2.48. The molecule has 0 aromatic heterocycles. The monoisotopic (exact) mass is 316 g/mol. The van der Waals surface area contributed by atoms with Crippen LogP contribution in [0.1, 0.15) is 44.1 Å². The molecule has 1 heterocycles. The van der Waals surface area contributed by atoms with E-state index < -0.39 is 0 Å². The van der Waals surface area contributed by atoms with Crippen LogP contribution in [0.25, 0.3) is 0 Å². The van der Waals surface area contributed by atoms with Crippen molar-refractivity contribution in [3.05, 3.63) is 35.9 Å². The molecule has 2 N–H and O–H groups in total. The summed E-state index contributed by atoms with van der Waals surface area (Å²) in [6.07, 6.45) is 6.62. The van der Waals surface area contributed by atoms with Gasteiger partial charge in [0, 0.05) is 31.7 Å². The predicted octanol–water partition coefficient (Wildman–Crippen LogP) is 2.91. The van der Waals surface area contributed by atoms with E-state index in [9.17, 15) is 9.90 Å². The first-order chi connectivity index (χ1) is 11.2. The van der Waals surface area contributed by atoms with Gasteiger partial charge in [0.25, 0.3) is 0 Å². The summed E-state index contributed by atoms with van der Waals surface area (Å²) < 4.78 is 0. The first-order valence-corrected chi connectivity index (χ1v) is 8.93. The Morgan fingerprint density at radius 2 is 1.83 bits per heavy atom. The summed E-state index contributed by atoms with van der Waals surface area (Å²) in [5, 5.41) is 12.4. The number of rotatable bonds is 4. The Labute approximate surface area is 138 Å². The van der Waals surface area contributed by atoms with Gasteiger partial charge in [-0.2, -0.15) is 0 Å². The Balaban J connectivity index is 1.58. The zero-order valence-electron chi connectivity index (χ0n) is 13.8. The third kappa shape index (κ3) is 3.69. The number of nitrogens with zero attached hydrogens (tertiary/aromatic N) is 1. The minimum absolute atomic E-state index is 0.0589. The number of hydrogen-bond acceptors (Lipinski definition) is 2. The highest BCUT2D eigenvalue weighted by Gasteiger charge is 2.36. The van der Waals surface area contributed by atoms with Crippen molar-refractivity contribution in [1.82, 2.24) is 10.2 Å². The van der Waals surface area contributed by atoms with Crippen LogP contribution in [-0.2, 0) is 5.41 Å². The molecule has 4 nitrogen and oxygen atoms in total. The molecule has 23 heavy (non-hydrogen) atoms. The first-order valence-electron chi connectivity index (χ1n) is 8.93. The maximum Gasteiger partial charge on any atom is 0.317 e. The van der Waals surface area contributed by atoms with Gasteiger partial charge in [-0.25, -0.2) is 4.79 Å². The minimum atomic E-state index is 0.0589. The van der Waals surface area contributed by atoms with Crippen molar-refractivity contribution in [2.45, 2.75) is 43.9 Å². The highest BCUT2D eigenvalue weighted by Crippen LogP contribution is 2.40. The van der Waals surface area contributed by atoms with Crippen LogP contribution in [0.5, 0.6) is 0 Å². The number of nitrogens with one attached hydrogen (secondary N) is 1. The van der Waals surface area contributed by atoms with Gasteiger partial charge in [0.1, 0.15) is 0 Å². The summed E-state index contributed by atoms with van der Waals surface area (Å²) >= 11 is 0. The SMILES string of the molecule is O=C(NCC1(c2ccccc2)CCCC1)N1CCC(CO)CC1. The van der Waals surface area contributed by atoms with E-state index in [1.807, 2.05) is 4.90 Å². The van der Waals surface area contributed by atoms with Crippen molar-refractivity contribution in [3.63, 3.8) is 0 Å². The third-order valence-electron chi connectivity index (χ3n) is 5.68. The topological polar surface area (TPSA) is 52.6 Å². The molecule has 1 aliphatic carbocycles. The molecule has 1 aromatic rings. The van der Waals surface area contributed by atoms with E-state index in [0.717, 1.165) is 45.3 Å². The lowest BCUT2D eigenvalue weighted by molar-refractivity contribution is 0.136. The number of aliphatic hydroxyl groups excluding tert-OH is 1. The average molecular weight is 316 g/mol. The number of benzene rings is 1. The number of piperidine rings is 1. The standard InChI is InChI=1S/C19H28N2O2/c22-14-16-8-12-21(13-9-16)18(23)20-15-19(10-4-5-11-19)17-6-2-1-3-7-17/h1-3,6-7,16,22H,4-5,8-15H2,(H,20,23). The van der Waals surface area contributed by atoms with E-state index in [-0.39, 0.29) is 18.1 Å². The van der Waals surface area contributed by atoms with Gasteiger partial charge in [0.2, 0.25) is 0 Å². The molecule has 1 saturated heterocycles. The fourth-order valence-corrected chi connectivity index (χ4v) is 4.09. The molecule has 0 radical (unpaired) electrons. The molecule has 3 rings (SSSR count). The molecule has 1 aromatic carbocycles. The highest BCUT2D eigenvalue weighted by molar-refractivity contribution is 5.74. The van der Waals surface area contributed by atoms with E-state index >= 15 is 0 Å². The minimum Gasteiger partial charge on any atom is -0.396 e. The van der Waals surface area contributed by atoms with Gasteiger partial charge in [-0.1, -0.05) is 43.2 Å². The van der Waals surface area contributed by atoms with Crippen molar-refractivity contribution in [2.75, 3.05) is 26.2 Å². The van der Waals surface area contributed by atoms with Crippen molar-refractivity contribution in [2.24, 2.45) is 5.92 Å². The Kier molecular flexibility index (Phi) is 5.21. The molecule has 0 atom stereocenters. The summed E-state index contributed by atoms with van der Waals surface area (Å²) in [6, 6.07) is 10.7. The second-order valence-electron chi connectivity index (χ2n) is 7.13. The fourth-order valence-electron chi connectivity index (χ4n) is 4.09. The molecular weight excluding hydrogens is 288 g/mol. The summed E-state index contributed by atoms with van der Waals surface area (Å²) in [5.74, 6) is 0.365. The smallest absolute Gasteiger partial charge is 0.317 e. The molecule has 0 spiro atoms. The zero-order chi connectivity index (χ0) is 16.1. The first kappa shape index (κ1) is 16.3. The number of urea groups is 1. The quantitative estimate of drug-likeness (QED) is 0.897. The van der Waals surface area contributed by atoms with Crippen molar-refractivity contribution < 1.29 is 9.90 Å². The maximum absolute atomic E-state index is 12.5. The molecule has 2 amide bonds. The third-order valence-corrected chi connectivity index (χ3v) is 5.68. The van der Waals surface area contributed by atoms with Gasteiger partial charge >= 0.3 is 6.03 Å². The number of amides is 2. The molecule has 1 saturated carbocycles. The summed E-state index contributed by atoms with van der Waals surface area (Å²) in [5.41, 5.74) is 1.47. The largest absolute Gasteiger partial charge is 0.396 e. The van der Waals surface area contributed by atoms with E-state index in [4.69, 9.17) is 0 Å². The zero-order valence-corrected chi connectivity index (χ0v) is 13.8. The molecule has 0 bridgehead atoms. The molecule has 2 fully saturated rings. The van der Waals surface area contributed by atoms with Gasteiger partial charge in [0.15, 0.2) is 0 Å². The summed E-state index contributed by atoms with van der Waals surface area (Å²) in [7, 11) is 0. The second kappa shape index (κ2) is 7.35. The second-order valence-corrected chi connectivity index (χ2v) is 7.13. The van der Waals surface area contributed by atoms with E-state index in [1.165, 1.54) is 18.4 Å². The van der Waals surface area contributed by atoms with Gasteiger partial charge in [-0.05, 0) is 37.2 Å². The highest BCUT2D eigenvalue weighted by atomic mass is 16.3. The Morgan fingerprint density at radius 3 is 2.43 bits per heavy atom. The van der Waals surface area contributed by atoms with Crippen molar-refractivity contribution in [3.8, 4) is 0 Å². The lowest BCUT2D eigenvalue weighted by Gasteiger charge is -2.34. The van der Waals surface area contributed by atoms with Gasteiger partial charge in [-0.15, -0.1) is 0 Å².